The zero-order valence-electron chi connectivity index (χ0n) is 24.3. The number of hydrogen-bond donors (Lipinski definition) is 0. The van der Waals surface area contributed by atoms with Crippen LogP contribution < -0.4 is 4.74 Å². The predicted molar refractivity (Wildman–Crippen MR) is 171 cm³/mol. The highest BCUT2D eigenvalue weighted by molar-refractivity contribution is 5.96. The summed E-state index contributed by atoms with van der Waals surface area (Å²) in [7, 11) is 0. The first-order chi connectivity index (χ1) is 20.6. The zero-order chi connectivity index (χ0) is 28.6. The fourth-order valence-electron chi connectivity index (χ4n) is 5.89. The molecule has 0 fully saturated rings. The van der Waals surface area contributed by atoms with Crippen molar-refractivity contribution < 1.29 is 9.47 Å². The molecule has 0 N–H and O–H groups in total. The minimum Gasteiger partial charge on any atom is -0.483 e. The lowest BCUT2D eigenvalue weighted by Gasteiger charge is -2.17. The van der Waals surface area contributed by atoms with E-state index in [0.717, 1.165) is 57.5 Å². The second kappa shape index (κ2) is 10.9. The largest absolute Gasteiger partial charge is 0.483 e. The van der Waals surface area contributed by atoms with E-state index in [9.17, 15) is 0 Å². The van der Waals surface area contributed by atoms with Crippen molar-refractivity contribution in [2.24, 2.45) is 0 Å². The van der Waals surface area contributed by atoms with Crippen molar-refractivity contribution in [3.05, 3.63) is 125 Å². The number of aromatic nitrogens is 2. The van der Waals surface area contributed by atoms with Gasteiger partial charge in [-0.3, -0.25) is 0 Å². The van der Waals surface area contributed by atoms with E-state index in [1.807, 2.05) is 13.0 Å². The molecule has 42 heavy (non-hydrogen) atoms. The Balaban J connectivity index is 1.33. The van der Waals surface area contributed by atoms with Crippen molar-refractivity contribution in [2.75, 3.05) is 6.61 Å². The van der Waals surface area contributed by atoms with E-state index in [4.69, 9.17) is 19.4 Å². The van der Waals surface area contributed by atoms with Crippen molar-refractivity contribution in [1.82, 2.24) is 9.97 Å². The maximum Gasteiger partial charge on any atom is 0.244 e. The fourth-order valence-corrected chi connectivity index (χ4v) is 5.89. The van der Waals surface area contributed by atoms with Crippen LogP contribution in [0.5, 0.6) is 5.88 Å². The van der Waals surface area contributed by atoms with Crippen LogP contribution in [0.2, 0.25) is 0 Å². The molecule has 0 saturated heterocycles. The van der Waals surface area contributed by atoms with Gasteiger partial charge in [0, 0.05) is 12.0 Å². The molecule has 0 amide bonds. The second-order valence-electron chi connectivity index (χ2n) is 11.3. The van der Waals surface area contributed by atoms with E-state index in [-0.39, 0.29) is 6.10 Å². The molecule has 0 bridgehead atoms. The molecule has 2 heterocycles. The molecule has 4 aromatic carbocycles. The Kier molecular flexibility index (Phi) is 6.83. The number of benzene rings is 4. The van der Waals surface area contributed by atoms with Gasteiger partial charge in [-0.2, -0.15) is 0 Å². The van der Waals surface area contributed by atoms with Gasteiger partial charge in [0.25, 0.3) is 0 Å². The summed E-state index contributed by atoms with van der Waals surface area (Å²) >= 11 is 0. The minimum absolute atomic E-state index is 0.0566. The van der Waals surface area contributed by atoms with Crippen molar-refractivity contribution in [1.29, 1.82) is 0 Å². The van der Waals surface area contributed by atoms with Crippen LogP contribution in [0.25, 0.3) is 45.1 Å². The molecule has 1 aromatic heterocycles. The molecular weight excluding hydrogens is 516 g/mol. The number of ether oxygens (including phenoxy) is 2. The summed E-state index contributed by atoms with van der Waals surface area (Å²) in [5.74, 6) is 1.72. The highest BCUT2D eigenvalue weighted by Gasteiger charge is 2.26. The molecule has 1 aliphatic carbocycles. The monoisotopic (exact) mass is 550 g/mol. The second-order valence-corrected chi connectivity index (χ2v) is 11.3. The Hall–Kier alpha value is -4.70. The first-order valence-electron chi connectivity index (χ1n) is 14.9. The molecule has 2 aliphatic rings. The lowest BCUT2D eigenvalue weighted by Crippen LogP contribution is -2.05. The molecule has 5 aromatic rings. The maximum absolute atomic E-state index is 6.52. The summed E-state index contributed by atoms with van der Waals surface area (Å²) in [5.41, 5.74) is 11.8. The van der Waals surface area contributed by atoms with Gasteiger partial charge >= 0.3 is 0 Å². The third-order valence-corrected chi connectivity index (χ3v) is 8.21. The highest BCUT2D eigenvalue weighted by atomic mass is 16.5. The van der Waals surface area contributed by atoms with E-state index in [1.165, 1.54) is 16.7 Å². The lowest BCUT2D eigenvalue weighted by atomic mass is 9.95. The van der Waals surface area contributed by atoms with E-state index < -0.39 is 0 Å². The van der Waals surface area contributed by atoms with Crippen LogP contribution in [0.15, 0.2) is 97.1 Å². The minimum atomic E-state index is -0.0566. The predicted octanol–water partition coefficient (Wildman–Crippen LogP) is 9.56. The van der Waals surface area contributed by atoms with E-state index >= 15 is 0 Å². The van der Waals surface area contributed by atoms with E-state index in [2.05, 4.69) is 111 Å². The van der Waals surface area contributed by atoms with Crippen molar-refractivity contribution >= 4 is 22.9 Å². The molecular formula is C38H34N2O2. The molecule has 1 atom stereocenters. The SMILES string of the molecule is CCOc1nc2c(-c3ccccc3)cc(-c3ccc4c(c3)C=CC4)cc2nc1C1=CCC(c2ccc(C(C)C)cc2)O1. The van der Waals surface area contributed by atoms with Gasteiger partial charge in [-0.1, -0.05) is 92.7 Å². The Morgan fingerprint density at radius 1 is 0.881 bits per heavy atom. The van der Waals surface area contributed by atoms with Gasteiger partial charge in [-0.15, -0.1) is 0 Å². The average Bonchev–Trinajstić information content (AvgIpc) is 3.71. The standard InChI is InChI=1S/C38H34N2O2/c1-4-41-38-37(35-20-19-34(42-35)28-16-13-25(14-17-28)24(2)3)39-33-23-31(30-18-15-26-11-8-12-29(26)21-30)22-32(36(33)40-38)27-9-6-5-7-10-27/h5-10,12-18,20-24,34H,4,11,19H2,1-3H3. The van der Waals surface area contributed by atoms with E-state index in [1.54, 1.807) is 0 Å². The van der Waals surface area contributed by atoms with Gasteiger partial charge in [-0.05, 0) is 82.5 Å². The van der Waals surface area contributed by atoms with Crippen LogP contribution in [-0.4, -0.2) is 16.6 Å². The highest BCUT2D eigenvalue weighted by Crippen LogP contribution is 2.41. The summed E-state index contributed by atoms with van der Waals surface area (Å²) in [5, 5.41) is 0. The number of fused-ring (bicyclic) bond motifs is 2. The summed E-state index contributed by atoms with van der Waals surface area (Å²) in [6.07, 6.45) is 8.27. The lowest BCUT2D eigenvalue weighted by molar-refractivity contribution is 0.192. The Bertz CT molecular complexity index is 1840. The molecule has 0 spiro atoms. The van der Waals surface area contributed by atoms with Crippen LogP contribution in [0.3, 0.4) is 0 Å². The third-order valence-electron chi connectivity index (χ3n) is 8.21. The Morgan fingerprint density at radius 3 is 2.50 bits per heavy atom. The van der Waals surface area contributed by atoms with Crippen LogP contribution in [0, 0.1) is 0 Å². The van der Waals surface area contributed by atoms with Gasteiger partial charge in [0.05, 0.1) is 12.1 Å². The number of allylic oxidation sites excluding steroid dienone is 1. The zero-order valence-corrected chi connectivity index (χ0v) is 24.3. The van der Waals surface area contributed by atoms with Gasteiger partial charge in [0.1, 0.15) is 17.4 Å². The maximum atomic E-state index is 6.52. The number of rotatable bonds is 7. The smallest absolute Gasteiger partial charge is 0.244 e. The number of nitrogens with zero attached hydrogens (tertiary/aromatic N) is 2. The summed E-state index contributed by atoms with van der Waals surface area (Å²) in [6.45, 7) is 6.89. The molecule has 4 nitrogen and oxygen atoms in total. The van der Waals surface area contributed by atoms with Crippen molar-refractivity contribution in [3.63, 3.8) is 0 Å². The quantitative estimate of drug-likeness (QED) is 0.202. The fraction of sp³-hybridized carbons (Fsp3) is 0.211. The molecule has 1 aliphatic heterocycles. The first-order valence-corrected chi connectivity index (χ1v) is 14.9. The van der Waals surface area contributed by atoms with Crippen LogP contribution >= 0.6 is 0 Å². The van der Waals surface area contributed by atoms with E-state index in [0.29, 0.717) is 24.1 Å². The third kappa shape index (κ3) is 4.87. The molecule has 4 heteroatoms. The number of hydrogen-bond acceptors (Lipinski definition) is 4. The van der Waals surface area contributed by atoms with Crippen molar-refractivity contribution in [2.45, 2.75) is 45.6 Å². The van der Waals surface area contributed by atoms with Crippen LogP contribution in [0.1, 0.15) is 67.2 Å². The molecule has 1 unspecified atom stereocenters. The van der Waals surface area contributed by atoms with Gasteiger partial charge in [0.15, 0.2) is 5.69 Å². The first kappa shape index (κ1) is 26.2. The molecule has 0 saturated carbocycles. The topological polar surface area (TPSA) is 44.2 Å². The van der Waals surface area contributed by atoms with Crippen LogP contribution in [0.4, 0.5) is 0 Å². The molecule has 208 valence electrons. The summed E-state index contributed by atoms with van der Waals surface area (Å²) < 4.78 is 12.6. The van der Waals surface area contributed by atoms with Crippen molar-refractivity contribution in [3.8, 4) is 28.1 Å². The molecule has 7 rings (SSSR count). The summed E-state index contributed by atoms with van der Waals surface area (Å²) in [6, 6.07) is 30.2. The Morgan fingerprint density at radius 2 is 1.71 bits per heavy atom. The Labute approximate surface area is 247 Å². The summed E-state index contributed by atoms with van der Waals surface area (Å²) in [4.78, 5) is 10.3. The van der Waals surface area contributed by atoms with Crippen LogP contribution in [-0.2, 0) is 11.2 Å². The van der Waals surface area contributed by atoms with Gasteiger partial charge < -0.3 is 9.47 Å². The van der Waals surface area contributed by atoms with Gasteiger partial charge in [0.2, 0.25) is 5.88 Å². The van der Waals surface area contributed by atoms with Gasteiger partial charge in [-0.25, -0.2) is 9.97 Å². The normalized spacial score (nSPS) is 15.6. The average molecular weight is 551 g/mol. The molecule has 0 radical (unpaired) electrons.